The molecule has 0 aromatic heterocycles. The normalized spacial score (nSPS) is 18.1. The smallest absolute Gasteiger partial charge is 0.353 e. The molecule has 1 aliphatic rings. The molecule has 1 unspecified atom stereocenters. The Labute approximate surface area is 167 Å². The third-order valence-corrected chi connectivity index (χ3v) is 6.82. The van der Waals surface area contributed by atoms with Gasteiger partial charge in [-0.25, -0.2) is 8.42 Å². The third kappa shape index (κ3) is 5.59. The molecule has 158 valence electrons. The number of carbonyl (C=O) groups is 1. The topological polar surface area (TPSA) is 69.7 Å². The van der Waals surface area contributed by atoms with Crippen LogP contribution in [0.2, 0.25) is 5.02 Å². The van der Waals surface area contributed by atoms with Crippen LogP contribution in [0.4, 0.5) is 13.2 Å². The number of amides is 1. The van der Waals surface area contributed by atoms with Crippen LogP contribution in [0.3, 0.4) is 0 Å². The highest BCUT2D eigenvalue weighted by Gasteiger charge is 2.36. The number of alkyl halides is 3. The Balaban J connectivity index is 2.05. The molecular formula is C17H23ClF3N3O3S. The van der Waals surface area contributed by atoms with Gasteiger partial charge in [0.15, 0.2) is 0 Å². The summed E-state index contributed by atoms with van der Waals surface area (Å²) in [6.45, 7) is 4.79. The minimum atomic E-state index is -4.75. The number of benzene rings is 1. The monoisotopic (exact) mass is 441 g/mol. The number of sulfonamides is 1. The summed E-state index contributed by atoms with van der Waals surface area (Å²) in [5.41, 5.74) is -1.18. The zero-order valence-electron chi connectivity index (χ0n) is 15.6. The molecule has 0 saturated carbocycles. The predicted octanol–water partition coefficient (Wildman–Crippen LogP) is 2.58. The largest absolute Gasteiger partial charge is 0.417 e. The predicted molar refractivity (Wildman–Crippen MR) is 99.5 cm³/mol. The van der Waals surface area contributed by atoms with Gasteiger partial charge in [-0.3, -0.25) is 9.69 Å². The Hall–Kier alpha value is -1.36. The van der Waals surface area contributed by atoms with Crippen molar-refractivity contribution in [2.45, 2.75) is 37.4 Å². The van der Waals surface area contributed by atoms with E-state index in [1.54, 1.807) is 0 Å². The van der Waals surface area contributed by atoms with Gasteiger partial charge in [0.25, 0.3) is 0 Å². The van der Waals surface area contributed by atoms with E-state index in [0.717, 1.165) is 22.9 Å². The molecule has 1 N–H and O–H groups in total. The summed E-state index contributed by atoms with van der Waals surface area (Å²) in [7, 11) is -4.09. The molecule has 1 atom stereocenters. The van der Waals surface area contributed by atoms with Gasteiger partial charge in [0.1, 0.15) is 0 Å². The Bertz CT molecular complexity index is 810. The van der Waals surface area contributed by atoms with Crippen LogP contribution < -0.4 is 5.32 Å². The molecule has 1 fully saturated rings. The van der Waals surface area contributed by atoms with E-state index < -0.39 is 31.7 Å². The summed E-state index contributed by atoms with van der Waals surface area (Å²) in [4.78, 5) is 13.3. The highest BCUT2D eigenvalue weighted by molar-refractivity contribution is 7.89. The second-order valence-corrected chi connectivity index (χ2v) is 9.04. The van der Waals surface area contributed by atoms with Gasteiger partial charge >= 0.3 is 6.18 Å². The lowest BCUT2D eigenvalue weighted by molar-refractivity contribution is -0.137. The maximum Gasteiger partial charge on any atom is 0.417 e. The number of carbonyl (C=O) groups excluding carboxylic acids is 1. The average Bonchev–Trinajstić information content (AvgIpc) is 2.61. The Kier molecular flexibility index (Phi) is 7.35. The summed E-state index contributed by atoms with van der Waals surface area (Å²) in [5.74, 6) is -0.141. The third-order valence-electron chi connectivity index (χ3n) is 4.60. The van der Waals surface area contributed by atoms with Crippen LogP contribution >= 0.6 is 11.6 Å². The number of piperazine rings is 1. The van der Waals surface area contributed by atoms with Crippen molar-refractivity contribution >= 4 is 27.5 Å². The van der Waals surface area contributed by atoms with E-state index in [-0.39, 0.29) is 31.6 Å². The number of hydrogen-bond donors (Lipinski definition) is 1. The lowest BCUT2D eigenvalue weighted by Gasteiger charge is -2.33. The van der Waals surface area contributed by atoms with Gasteiger partial charge < -0.3 is 5.32 Å². The second kappa shape index (κ2) is 8.98. The molecule has 28 heavy (non-hydrogen) atoms. The Morgan fingerprint density at radius 1 is 1.25 bits per heavy atom. The molecule has 11 heteroatoms. The van der Waals surface area contributed by atoms with Gasteiger partial charge in [0.05, 0.1) is 22.0 Å². The molecule has 0 spiro atoms. The first-order valence-corrected chi connectivity index (χ1v) is 10.7. The summed E-state index contributed by atoms with van der Waals surface area (Å²) in [6.07, 6.45) is -3.94. The van der Waals surface area contributed by atoms with Crippen LogP contribution in [0.5, 0.6) is 0 Å². The summed E-state index contributed by atoms with van der Waals surface area (Å²) < 4.78 is 65.6. The van der Waals surface area contributed by atoms with Crippen LogP contribution in [-0.4, -0.2) is 62.3 Å². The zero-order valence-corrected chi connectivity index (χ0v) is 17.2. The van der Waals surface area contributed by atoms with E-state index >= 15 is 0 Å². The summed E-state index contributed by atoms with van der Waals surface area (Å²) in [6, 6.07) is 2.62. The van der Waals surface area contributed by atoms with Gasteiger partial charge in [0.2, 0.25) is 15.9 Å². The van der Waals surface area contributed by atoms with Crippen molar-refractivity contribution in [3.8, 4) is 0 Å². The van der Waals surface area contributed by atoms with Gasteiger partial charge in [-0.15, -0.1) is 0 Å². The summed E-state index contributed by atoms with van der Waals surface area (Å²) >= 11 is 5.56. The number of hydrogen-bond acceptors (Lipinski definition) is 4. The number of nitrogens with one attached hydrogen (secondary N) is 1. The van der Waals surface area contributed by atoms with Crippen molar-refractivity contribution in [1.82, 2.24) is 14.5 Å². The second-order valence-electron chi connectivity index (χ2n) is 6.70. The number of rotatable bonds is 6. The quantitative estimate of drug-likeness (QED) is 0.736. The highest BCUT2D eigenvalue weighted by Crippen LogP contribution is 2.36. The van der Waals surface area contributed by atoms with E-state index in [0.29, 0.717) is 19.2 Å². The van der Waals surface area contributed by atoms with Crippen LogP contribution in [0.25, 0.3) is 0 Å². The fourth-order valence-electron chi connectivity index (χ4n) is 2.78. The lowest BCUT2D eigenvalue weighted by atomic mass is 10.2. The minimum Gasteiger partial charge on any atom is -0.353 e. The molecule has 1 amide bonds. The molecular weight excluding hydrogens is 419 g/mol. The molecule has 1 aromatic carbocycles. The van der Waals surface area contributed by atoms with E-state index in [1.807, 2.05) is 18.7 Å². The SMILES string of the molecule is CCC(C)NC(=O)CN1CCN(S(=O)(=O)c2ccc(Cl)c(C(F)(F)F)c2)CC1. The first-order chi connectivity index (χ1) is 12.9. The molecule has 1 saturated heterocycles. The van der Waals surface area contributed by atoms with E-state index in [1.165, 1.54) is 0 Å². The number of halogens is 4. The molecule has 0 aliphatic carbocycles. The highest BCUT2D eigenvalue weighted by atomic mass is 35.5. The maximum absolute atomic E-state index is 13.0. The van der Waals surface area contributed by atoms with Gasteiger partial charge in [-0.1, -0.05) is 18.5 Å². The molecule has 6 nitrogen and oxygen atoms in total. The molecule has 2 rings (SSSR count). The van der Waals surface area contributed by atoms with E-state index in [2.05, 4.69) is 5.32 Å². The molecule has 1 aromatic rings. The fourth-order valence-corrected chi connectivity index (χ4v) is 4.46. The molecule has 0 radical (unpaired) electrons. The van der Waals surface area contributed by atoms with E-state index in [4.69, 9.17) is 11.6 Å². The van der Waals surface area contributed by atoms with Crippen molar-refractivity contribution in [3.05, 3.63) is 28.8 Å². The lowest BCUT2D eigenvalue weighted by Crippen LogP contribution is -2.51. The van der Waals surface area contributed by atoms with Gasteiger partial charge in [0, 0.05) is 32.2 Å². The zero-order chi connectivity index (χ0) is 21.1. The Morgan fingerprint density at radius 3 is 2.39 bits per heavy atom. The first-order valence-electron chi connectivity index (χ1n) is 8.83. The fraction of sp³-hybridized carbons (Fsp3) is 0.588. The van der Waals surface area contributed by atoms with Gasteiger partial charge in [-0.05, 0) is 31.5 Å². The van der Waals surface area contributed by atoms with Crippen LogP contribution in [0.15, 0.2) is 23.1 Å². The minimum absolute atomic E-state index is 0.0573. The van der Waals surface area contributed by atoms with Crippen LogP contribution in [-0.2, 0) is 21.0 Å². The standard InChI is InChI=1S/C17H23ClF3N3O3S/c1-3-12(2)22-16(25)11-23-6-8-24(9-7-23)28(26,27)13-4-5-15(18)14(10-13)17(19,20)21/h4-5,10,12H,3,6-9,11H2,1-2H3,(H,22,25). The van der Waals surface area contributed by atoms with Gasteiger partial charge in [-0.2, -0.15) is 17.5 Å². The van der Waals surface area contributed by atoms with Crippen molar-refractivity contribution in [3.63, 3.8) is 0 Å². The molecule has 1 aliphatic heterocycles. The maximum atomic E-state index is 13.0. The number of nitrogens with zero attached hydrogens (tertiary/aromatic N) is 2. The molecule has 0 bridgehead atoms. The molecule has 1 heterocycles. The summed E-state index contributed by atoms with van der Waals surface area (Å²) in [5, 5.41) is 2.29. The van der Waals surface area contributed by atoms with Crippen LogP contribution in [0.1, 0.15) is 25.8 Å². The van der Waals surface area contributed by atoms with Crippen molar-refractivity contribution in [2.75, 3.05) is 32.7 Å². The van der Waals surface area contributed by atoms with Crippen molar-refractivity contribution in [2.24, 2.45) is 0 Å². The average molecular weight is 442 g/mol. The van der Waals surface area contributed by atoms with Crippen molar-refractivity contribution < 1.29 is 26.4 Å². The van der Waals surface area contributed by atoms with Crippen LogP contribution in [0, 0.1) is 0 Å². The Morgan fingerprint density at radius 2 is 1.86 bits per heavy atom. The first kappa shape index (κ1) is 22.9. The van der Waals surface area contributed by atoms with E-state index in [9.17, 15) is 26.4 Å². The van der Waals surface area contributed by atoms with Crippen molar-refractivity contribution in [1.29, 1.82) is 0 Å².